The predicted molar refractivity (Wildman–Crippen MR) is 95.8 cm³/mol. The van der Waals surface area contributed by atoms with Gasteiger partial charge in [0.1, 0.15) is 18.1 Å². The summed E-state index contributed by atoms with van der Waals surface area (Å²) in [5, 5.41) is 14.7. The maximum atomic E-state index is 12.0. The molecule has 1 aliphatic rings. The van der Waals surface area contributed by atoms with Gasteiger partial charge >= 0.3 is 5.97 Å². The van der Waals surface area contributed by atoms with Crippen molar-refractivity contribution in [2.45, 2.75) is 0 Å². The Balaban J connectivity index is 1.90. The summed E-state index contributed by atoms with van der Waals surface area (Å²) in [5.74, 6) is 0.0621. The Morgan fingerprint density at radius 2 is 2.00 bits per heavy atom. The maximum Gasteiger partial charge on any atom is 0.368 e. The van der Waals surface area contributed by atoms with Crippen molar-refractivity contribution in [3.8, 4) is 5.75 Å². The zero-order valence-corrected chi connectivity index (χ0v) is 13.6. The van der Waals surface area contributed by atoms with E-state index >= 15 is 0 Å². The van der Waals surface area contributed by atoms with Crippen molar-refractivity contribution >= 4 is 23.4 Å². The number of carbonyl (C=O) groups excluding carboxylic acids is 1. The van der Waals surface area contributed by atoms with Gasteiger partial charge in [0.25, 0.3) is 5.69 Å². The molecule has 0 radical (unpaired) electrons. The summed E-state index contributed by atoms with van der Waals surface area (Å²) in [4.78, 5) is 27.2. The molecule has 0 saturated carbocycles. The zero-order chi connectivity index (χ0) is 18.5. The number of nitro groups is 1. The fourth-order valence-electron chi connectivity index (χ4n) is 2.37. The van der Waals surface area contributed by atoms with Gasteiger partial charge in [0, 0.05) is 17.7 Å². The van der Waals surface area contributed by atoms with E-state index in [0.29, 0.717) is 17.9 Å². The fraction of sp³-hybridized carbons (Fsp3) is 0.0526. The number of hydrogen-bond donors (Lipinski definition) is 0. The first-order valence-corrected chi connectivity index (χ1v) is 7.68. The smallest absolute Gasteiger partial charge is 0.368 e. The molecule has 2 aromatic carbocycles. The summed E-state index contributed by atoms with van der Waals surface area (Å²) in [6.45, 7) is 3.98. The van der Waals surface area contributed by atoms with E-state index in [1.165, 1.54) is 18.2 Å². The second kappa shape index (κ2) is 7.43. The summed E-state index contributed by atoms with van der Waals surface area (Å²) < 4.78 is 5.41. The van der Waals surface area contributed by atoms with E-state index in [-0.39, 0.29) is 17.0 Å². The van der Waals surface area contributed by atoms with Crippen LogP contribution in [0.4, 0.5) is 5.69 Å². The minimum atomic E-state index is -0.613. The highest BCUT2D eigenvalue weighted by Crippen LogP contribution is 2.24. The molecule has 3 rings (SSSR count). The first kappa shape index (κ1) is 17.1. The van der Waals surface area contributed by atoms with Gasteiger partial charge in [-0.15, -0.1) is 0 Å². The van der Waals surface area contributed by atoms with E-state index < -0.39 is 10.9 Å². The van der Waals surface area contributed by atoms with E-state index in [1.807, 2.05) is 0 Å². The number of hydrogen-bond acceptors (Lipinski definition) is 6. The molecule has 0 N–H and O–H groups in total. The molecule has 0 aliphatic carbocycles. The quantitative estimate of drug-likeness (QED) is 0.261. The van der Waals surface area contributed by atoms with Crippen LogP contribution in [0.5, 0.6) is 5.75 Å². The van der Waals surface area contributed by atoms with E-state index in [9.17, 15) is 14.9 Å². The van der Waals surface area contributed by atoms with Crippen molar-refractivity contribution in [1.82, 2.24) is 0 Å². The van der Waals surface area contributed by atoms with E-state index in [2.05, 4.69) is 11.7 Å². The number of non-ortho nitro benzene ring substituents is 1. The minimum Gasteiger partial charge on any atom is -0.490 e. The van der Waals surface area contributed by atoms with Gasteiger partial charge in [-0.3, -0.25) is 10.1 Å². The Bertz CT molecular complexity index is 929. The van der Waals surface area contributed by atoms with Gasteiger partial charge in [0.2, 0.25) is 0 Å². The molecule has 7 nitrogen and oxygen atoms in total. The van der Waals surface area contributed by atoms with Crippen LogP contribution in [0.25, 0.3) is 6.08 Å². The lowest BCUT2D eigenvalue weighted by Gasteiger charge is -2.04. The average molecular weight is 350 g/mol. The van der Waals surface area contributed by atoms with Crippen molar-refractivity contribution in [2.75, 3.05) is 6.61 Å². The van der Waals surface area contributed by atoms with Crippen LogP contribution in [0, 0.1) is 10.1 Å². The van der Waals surface area contributed by atoms with Crippen LogP contribution in [0.1, 0.15) is 11.1 Å². The number of carbonyl (C=O) groups is 1. The second-order valence-electron chi connectivity index (χ2n) is 5.35. The fourth-order valence-corrected chi connectivity index (χ4v) is 2.37. The third-order valence-corrected chi connectivity index (χ3v) is 3.58. The van der Waals surface area contributed by atoms with Gasteiger partial charge in [-0.2, -0.15) is 0 Å². The Morgan fingerprint density at radius 1 is 1.23 bits per heavy atom. The molecule has 2 aromatic rings. The molecule has 1 aliphatic heterocycles. The molecule has 0 saturated heterocycles. The molecule has 26 heavy (non-hydrogen) atoms. The topological polar surface area (TPSA) is 91.0 Å². The SMILES string of the molecule is C=CCOc1ccc(C=C2C(=O)ON=C2c2cccc([N+](=O)[O-])c2)cc1. The lowest BCUT2D eigenvalue weighted by molar-refractivity contribution is -0.384. The molecule has 7 heteroatoms. The first-order chi connectivity index (χ1) is 12.6. The molecular weight excluding hydrogens is 336 g/mol. The lowest BCUT2D eigenvalue weighted by Crippen LogP contribution is -2.07. The second-order valence-corrected chi connectivity index (χ2v) is 5.35. The number of nitro benzene ring substituents is 1. The Hall–Kier alpha value is -3.74. The van der Waals surface area contributed by atoms with Crippen LogP contribution in [-0.2, 0) is 9.63 Å². The van der Waals surface area contributed by atoms with E-state index in [1.54, 1.807) is 42.5 Å². The summed E-state index contributed by atoms with van der Waals surface area (Å²) >= 11 is 0. The van der Waals surface area contributed by atoms with E-state index in [4.69, 9.17) is 9.57 Å². The highest BCUT2D eigenvalue weighted by Gasteiger charge is 2.27. The molecule has 0 fully saturated rings. The van der Waals surface area contributed by atoms with Crippen LogP contribution in [0.2, 0.25) is 0 Å². The number of ether oxygens (including phenoxy) is 1. The normalized spacial score (nSPS) is 14.7. The largest absolute Gasteiger partial charge is 0.490 e. The average Bonchev–Trinajstić information content (AvgIpc) is 3.02. The Morgan fingerprint density at radius 3 is 2.69 bits per heavy atom. The lowest BCUT2D eigenvalue weighted by atomic mass is 10.0. The van der Waals surface area contributed by atoms with Gasteiger partial charge in [-0.1, -0.05) is 42.1 Å². The van der Waals surface area contributed by atoms with Gasteiger partial charge in [-0.25, -0.2) is 4.79 Å². The molecular formula is C19H14N2O5. The molecule has 0 amide bonds. The van der Waals surface area contributed by atoms with Crippen molar-refractivity contribution in [3.63, 3.8) is 0 Å². The molecule has 0 spiro atoms. The van der Waals surface area contributed by atoms with Crippen LogP contribution in [0.15, 0.2) is 71.9 Å². The van der Waals surface area contributed by atoms with Crippen LogP contribution in [-0.4, -0.2) is 23.2 Å². The van der Waals surface area contributed by atoms with Crippen LogP contribution < -0.4 is 4.74 Å². The molecule has 0 atom stereocenters. The third-order valence-electron chi connectivity index (χ3n) is 3.58. The van der Waals surface area contributed by atoms with Gasteiger partial charge < -0.3 is 9.57 Å². The monoisotopic (exact) mass is 350 g/mol. The summed E-state index contributed by atoms with van der Waals surface area (Å²) in [7, 11) is 0. The number of oxime groups is 1. The van der Waals surface area contributed by atoms with E-state index in [0.717, 1.165) is 5.56 Å². The number of benzene rings is 2. The predicted octanol–water partition coefficient (Wildman–Crippen LogP) is 3.50. The molecule has 130 valence electrons. The van der Waals surface area contributed by atoms with Gasteiger partial charge in [0.05, 0.1) is 10.5 Å². The summed E-state index contributed by atoms with van der Waals surface area (Å²) in [5.41, 5.74) is 1.56. The van der Waals surface area contributed by atoms with Crippen molar-refractivity contribution in [3.05, 3.63) is 88.0 Å². The molecule has 0 unspecified atom stereocenters. The van der Waals surface area contributed by atoms with Crippen LogP contribution in [0.3, 0.4) is 0 Å². The van der Waals surface area contributed by atoms with Crippen molar-refractivity contribution < 1.29 is 19.3 Å². The Kier molecular flexibility index (Phi) is 4.89. The van der Waals surface area contributed by atoms with Crippen molar-refractivity contribution in [1.29, 1.82) is 0 Å². The van der Waals surface area contributed by atoms with Gasteiger partial charge in [0.15, 0.2) is 0 Å². The summed E-state index contributed by atoms with van der Waals surface area (Å²) in [6.07, 6.45) is 3.26. The number of rotatable bonds is 6. The first-order valence-electron chi connectivity index (χ1n) is 7.68. The van der Waals surface area contributed by atoms with Crippen LogP contribution >= 0.6 is 0 Å². The standard InChI is InChI=1S/C19H14N2O5/c1-2-10-25-16-8-6-13(7-9-16)11-17-18(20-26-19(17)22)14-4-3-5-15(12-14)21(23)24/h2-9,11-12H,1,10H2. The van der Waals surface area contributed by atoms with Gasteiger partial charge in [-0.05, 0) is 23.8 Å². The minimum absolute atomic E-state index is 0.0902. The molecule has 1 heterocycles. The number of nitrogens with zero attached hydrogens (tertiary/aromatic N) is 2. The maximum absolute atomic E-state index is 12.0. The third kappa shape index (κ3) is 3.67. The Labute approximate surface area is 149 Å². The van der Waals surface area contributed by atoms with Crippen molar-refractivity contribution in [2.24, 2.45) is 5.16 Å². The highest BCUT2D eigenvalue weighted by molar-refractivity contribution is 6.31. The molecule has 0 bridgehead atoms. The summed E-state index contributed by atoms with van der Waals surface area (Å²) in [6, 6.07) is 13.0. The highest BCUT2D eigenvalue weighted by atomic mass is 16.7. The zero-order valence-electron chi connectivity index (χ0n) is 13.6. The molecule has 0 aromatic heterocycles.